The second kappa shape index (κ2) is 23.7. The van der Waals surface area contributed by atoms with Crippen LogP contribution in [0.4, 0.5) is 0 Å². The van der Waals surface area contributed by atoms with E-state index in [2.05, 4.69) is 104 Å². The lowest BCUT2D eigenvalue weighted by Crippen LogP contribution is -2.25. The highest BCUT2D eigenvalue weighted by Crippen LogP contribution is 2.40. The van der Waals surface area contributed by atoms with Crippen molar-refractivity contribution in [2.45, 2.75) is 93.0 Å². The third-order valence-electron chi connectivity index (χ3n) is 6.42. The Morgan fingerprint density at radius 1 is 0.789 bits per heavy atom. The maximum absolute atomic E-state index is 4.69. The Kier molecular flexibility index (Phi) is 22.2. The number of benzene rings is 3. The molecule has 0 spiro atoms. The smallest absolute Gasteiger partial charge is 0.0459 e. The fourth-order valence-electron chi connectivity index (χ4n) is 4.70. The average Bonchev–Trinajstić information content (AvgIpc) is 3.01. The van der Waals surface area contributed by atoms with Crippen LogP contribution in [-0.2, 0) is 11.2 Å². The summed E-state index contributed by atoms with van der Waals surface area (Å²) in [6, 6.07) is 31.2. The molecule has 0 saturated heterocycles. The van der Waals surface area contributed by atoms with E-state index in [0.29, 0.717) is 12.0 Å². The molecular weight excluding hydrogens is 462 g/mol. The Bertz CT molecular complexity index is 891. The maximum Gasteiger partial charge on any atom is 0.0459 e. The van der Waals surface area contributed by atoms with Crippen LogP contribution >= 0.6 is 0 Å². The van der Waals surface area contributed by atoms with Gasteiger partial charge in [0.05, 0.1) is 0 Å². The molecule has 1 aliphatic rings. The van der Waals surface area contributed by atoms with Crippen molar-refractivity contribution < 1.29 is 4.74 Å². The fourth-order valence-corrected chi connectivity index (χ4v) is 4.70. The van der Waals surface area contributed by atoms with Crippen molar-refractivity contribution in [2.75, 3.05) is 20.3 Å². The lowest BCUT2D eigenvalue weighted by molar-refractivity contribution is 0.199. The van der Waals surface area contributed by atoms with Crippen LogP contribution in [-0.4, -0.2) is 20.3 Å². The van der Waals surface area contributed by atoms with Crippen LogP contribution in [0, 0.1) is 5.92 Å². The van der Waals surface area contributed by atoms with Gasteiger partial charge >= 0.3 is 0 Å². The van der Waals surface area contributed by atoms with E-state index in [-0.39, 0.29) is 0 Å². The van der Waals surface area contributed by atoms with E-state index in [9.17, 15) is 0 Å². The first kappa shape index (κ1) is 35.6. The molecule has 0 fully saturated rings. The molecule has 0 aromatic heterocycles. The molecule has 2 heteroatoms. The molecule has 3 aromatic carbocycles. The second-order valence-corrected chi connectivity index (χ2v) is 8.84. The Morgan fingerprint density at radius 3 is 1.89 bits per heavy atom. The second-order valence-electron chi connectivity index (χ2n) is 8.84. The number of ether oxygens (including phenoxy) is 1. The van der Waals surface area contributed by atoms with Crippen molar-refractivity contribution >= 4 is 0 Å². The van der Waals surface area contributed by atoms with Crippen molar-refractivity contribution in [3.05, 3.63) is 107 Å². The molecule has 0 heterocycles. The standard InChI is InChI=1S/C26H29N.C4H10O.3C2H6/c1-20(22-10-4-2-5-11-22)27-17-16-21-18-24-14-8-9-15-25(24)26(19-21)23-12-6-3-7-13-23;1-3-4-5-2;3*1-2/h2-15,20-21,26-27H,16-19H2,1H3;3-4H2,1-2H3;3*1-2H3/t20-,21?,26?;;;;/m1..../s1. The minimum absolute atomic E-state index is 0.409. The largest absolute Gasteiger partial charge is 0.385 e. The molecule has 1 aliphatic carbocycles. The Morgan fingerprint density at radius 2 is 1.34 bits per heavy atom. The van der Waals surface area contributed by atoms with E-state index in [1.54, 1.807) is 12.7 Å². The molecule has 2 unspecified atom stereocenters. The first-order chi connectivity index (χ1) is 18.7. The van der Waals surface area contributed by atoms with E-state index in [0.717, 1.165) is 25.5 Å². The summed E-state index contributed by atoms with van der Waals surface area (Å²) in [6.45, 7) is 18.3. The quantitative estimate of drug-likeness (QED) is 0.319. The first-order valence-corrected chi connectivity index (χ1v) is 15.1. The Hall–Kier alpha value is -2.42. The van der Waals surface area contributed by atoms with Crippen molar-refractivity contribution in [2.24, 2.45) is 5.92 Å². The highest BCUT2D eigenvalue weighted by molar-refractivity contribution is 5.40. The molecular formula is C36H57NO. The minimum atomic E-state index is 0.409. The van der Waals surface area contributed by atoms with Gasteiger partial charge in [0, 0.05) is 25.7 Å². The summed E-state index contributed by atoms with van der Waals surface area (Å²) >= 11 is 0. The summed E-state index contributed by atoms with van der Waals surface area (Å²) in [5.74, 6) is 1.27. The van der Waals surface area contributed by atoms with E-state index in [1.165, 1.54) is 36.0 Å². The normalized spacial score (nSPS) is 15.8. The van der Waals surface area contributed by atoms with Gasteiger partial charge in [0.25, 0.3) is 0 Å². The van der Waals surface area contributed by atoms with Crippen LogP contribution in [0.1, 0.15) is 109 Å². The number of fused-ring (bicyclic) bond motifs is 1. The van der Waals surface area contributed by atoms with Gasteiger partial charge in [-0.2, -0.15) is 0 Å². The molecule has 1 N–H and O–H groups in total. The van der Waals surface area contributed by atoms with Crippen LogP contribution in [0.2, 0.25) is 0 Å². The molecule has 2 nitrogen and oxygen atoms in total. The van der Waals surface area contributed by atoms with Gasteiger partial charge in [-0.15, -0.1) is 0 Å². The third kappa shape index (κ3) is 12.9. The Balaban J connectivity index is 0.00000108. The fraction of sp³-hybridized carbons (Fsp3) is 0.500. The van der Waals surface area contributed by atoms with Gasteiger partial charge in [-0.05, 0) is 67.3 Å². The average molecular weight is 520 g/mol. The monoisotopic (exact) mass is 519 g/mol. The molecule has 38 heavy (non-hydrogen) atoms. The van der Waals surface area contributed by atoms with Crippen molar-refractivity contribution in [3.8, 4) is 0 Å². The van der Waals surface area contributed by atoms with Crippen molar-refractivity contribution in [3.63, 3.8) is 0 Å². The summed E-state index contributed by atoms with van der Waals surface area (Å²) in [7, 11) is 1.71. The number of rotatable bonds is 8. The number of hydrogen-bond acceptors (Lipinski definition) is 2. The third-order valence-corrected chi connectivity index (χ3v) is 6.42. The van der Waals surface area contributed by atoms with Gasteiger partial charge in [0.1, 0.15) is 0 Å². The predicted molar refractivity (Wildman–Crippen MR) is 170 cm³/mol. The molecule has 0 radical (unpaired) electrons. The van der Waals surface area contributed by atoms with Gasteiger partial charge in [-0.25, -0.2) is 0 Å². The van der Waals surface area contributed by atoms with Gasteiger partial charge in [-0.3, -0.25) is 0 Å². The lowest BCUT2D eigenvalue weighted by Gasteiger charge is -2.32. The molecule has 4 rings (SSSR count). The number of methoxy groups -OCH3 is 1. The summed E-state index contributed by atoms with van der Waals surface area (Å²) in [5, 5.41) is 3.72. The summed E-state index contributed by atoms with van der Waals surface area (Å²) in [5.41, 5.74) is 5.90. The zero-order valence-corrected chi connectivity index (χ0v) is 26.0. The van der Waals surface area contributed by atoms with Gasteiger partial charge in [0.15, 0.2) is 0 Å². The van der Waals surface area contributed by atoms with E-state index in [4.69, 9.17) is 4.74 Å². The molecule has 0 amide bonds. The van der Waals surface area contributed by atoms with E-state index in [1.807, 2.05) is 41.5 Å². The molecule has 0 saturated carbocycles. The molecule has 3 atom stereocenters. The van der Waals surface area contributed by atoms with E-state index >= 15 is 0 Å². The molecule has 212 valence electrons. The predicted octanol–water partition coefficient (Wildman–Crippen LogP) is 10.2. The number of hydrogen-bond donors (Lipinski definition) is 1. The van der Waals surface area contributed by atoms with Gasteiger partial charge in [-0.1, -0.05) is 133 Å². The highest BCUT2D eigenvalue weighted by Gasteiger charge is 2.27. The molecule has 0 bridgehead atoms. The minimum Gasteiger partial charge on any atom is -0.385 e. The van der Waals surface area contributed by atoms with Crippen LogP contribution in [0.5, 0.6) is 0 Å². The van der Waals surface area contributed by atoms with Gasteiger partial charge < -0.3 is 10.1 Å². The lowest BCUT2D eigenvalue weighted by atomic mass is 9.73. The summed E-state index contributed by atoms with van der Waals surface area (Å²) in [6.07, 6.45) is 4.81. The van der Waals surface area contributed by atoms with Crippen LogP contribution < -0.4 is 5.32 Å². The summed E-state index contributed by atoms with van der Waals surface area (Å²) in [4.78, 5) is 0. The van der Waals surface area contributed by atoms with Gasteiger partial charge in [0.2, 0.25) is 0 Å². The molecule has 3 aromatic rings. The van der Waals surface area contributed by atoms with Crippen molar-refractivity contribution in [1.29, 1.82) is 0 Å². The zero-order chi connectivity index (χ0) is 28.6. The maximum atomic E-state index is 4.69. The molecule has 0 aliphatic heterocycles. The van der Waals surface area contributed by atoms with E-state index < -0.39 is 0 Å². The van der Waals surface area contributed by atoms with Crippen LogP contribution in [0.3, 0.4) is 0 Å². The SMILES string of the molecule is CC.CC.CC.CCCOC.C[C@@H](NCCC1Cc2ccccc2C(c2ccccc2)C1)c1ccccc1. The van der Waals surface area contributed by atoms with Crippen LogP contribution in [0.15, 0.2) is 84.9 Å². The van der Waals surface area contributed by atoms with Crippen LogP contribution in [0.25, 0.3) is 0 Å². The Labute approximate surface area is 236 Å². The summed E-state index contributed by atoms with van der Waals surface area (Å²) < 4.78 is 4.69. The number of nitrogens with one attached hydrogen (secondary N) is 1. The topological polar surface area (TPSA) is 21.3 Å². The first-order valence-electron chi connectivity index (χ1n) is 15.1. The zero-order valence-electron chi connectivity index (χ0n) is 26.0. The highest BCUT2D eigenvalue weighted by atomic mass is 16.5. The van der Waals surface area contributed by atoms with Crippen molar-refractivity contribution in [1.82, 2.24) is 5.32 Å².